The number of hydrogen-bond acceptors (Lipinski definition) is 8. The molecular weight excluding hydrogens is 440 g/mol. The van der Waals surface area contributed by atoms with Crippen LogP contribution in [0.1, 0.15) is 0 Å². The Morgan fingerprint density at radius 2 is 1.87 bits per heavy atom. The number of hydrogen-bond donors (Lipinski definition) is 3. The number of esters is 1. The third-order valence-electron chi connectivity index (χ3n) is 3.66. The number of sulfonamides is 1. The van der Waals surface area contributed by atoms with Gasteiger partial charge in [0, 0.05) is 13.1 Å². The highest BCUT2D eigenvalue weighted by molar-refractivity contribution is 7.89. The van der Waals surface area contributed by atoms with Crippen molar-refractivity contribution in [3.8, 4) is 0 Å². The van der Waals surface area contributed by atoms with Gasteiger partial charge in [-0.3, -0.25) is 19.7 Å². The lowest BCUT2D eigenvalue weighted by Gasteiger charge is -2.09. The molecule has 0 saturated carbocycles. The number of rotatable bonds is 9. The molecule has 0 aliphatic heterocycles. The average Bonchev–Trinajstić information content (AvgIpc) is 2.72. The van der Waals surface area contributed by atoms with Crippen molar-refractivity contribution >= 4 is 50.6 Å². The van der Waals surface area contributed by atoms with Crippen molar-refractivity contribution in [3.63, 3.8) is 0 Å². The molecule has 11 nitrogen and oxygen atoms in total. The van der Waals surface area contributed by atoms with Crippen molar-refractivity contribution in [1.82, 2.24) is 4.72 Å². The van der Waals surface area contributed by atoms with Crippen LogP contribution in [0.15, 0.2) is 47.4 Å². The summed E-state index contributed by atoms with van der Waals surface area (Å²) >= 11 is 5.89. The van der Waals surface area contributed by atoms with Crippen LogP contribution in [0.3, 0.4) is 0 Å². The van der Waals surface area contributed by atoms with Crippen molar-refractivity contribution < 1.29 is 27.7 Å². The maximum absolute atomic E-state index is 12.3. The Kier molecular flexibility index (Phi) is 7.69. The number of halogens is 1. The molecule has 0 spiro atoms. The van der Waals surface area contributed by atoms with Crippen molar-refractivity contribution in [3.05, 3.63) is 57.6 Å². The SMILES string of the molecule is CNc1ccc(S(=O)(=O)NCC(=O)OCC(=O)Nc2ccccc2Cl)cc1[N+](=O)[O-]. The summed E-state index contributed by atoms with van der Waals surface area (Å²) < 4.78 is 31.2. The summed E-state index contributed by atoms with van der Waals surface area (Å²) in [4.78, 5) is 33.5. The fraction of sp³-hybridized carbons (Fsp3) is 0.176. The van der Waals surface area contributed by atoms with E-state index in [1.165, 1.54) is 13.1 Å². The number of anilines is 2. The standard InChI is InChI=1S/C17H17ClN4O7S/c1-19-14-7-6-11(8-15(14)22(25)26)30(27,28)20-9-17(24)29-10-16(23)21-13-5-3-2-4-12(13)18/h2-8,19-20H,9-10H2,1H3,(H,21,23). The lowest BCUT2D eigenvalue weighted by Crippen LogP contribution is -2.32. The van der Waals surface area contributed by atoms with Gasteiger partial charge in [-0.15, -0.1) is 0 Å². The van der Waals surface area contributed by atoms with Crippen molar-refractivity contribution in [1.29, 1.82) is 0 Å². The molecule has 2 aromatic rings. The third-order valence-corrected chi connectivity index (χ3v) is 5.39. The van der Waals surface area contributed by atoms with Gasteiger partial charge in [-0.2, -0.15) is 4.72 Å². The lowest BCUT2D eigenvalue weighted by atomic mass is 10.3. The Hall–Kier alpha value is -3.22. The second kappa shape index (κ2) is 10.0. The number of ether oxygens (including phenoxy) is 1. The summed E-state index contributed by atoms with van der Waals surface area (Å²) in [5.41, 5.74) is 0.00890. The smallest absolute Gasteiger partial charge is 0.321 e. The molecule has 0 saturated heterocycles. The molecule has 2 aromatic carbocycles. The summed E-state index contributed by atoms with van der Waals surface area (Å²) in [5.74, 6) is -1.69. The van der Waals surface area contributed by atoms with E-state index in [9.17, 15) is 28.1 Å². The number of para-hydroxylation sites is 1. The Balaban J connectivity index is 1.92. The van der Waals surface area contributed by atoms with Gasteiger partial charge in [-0.1, -0.05) is 23.7 Å². The quantitative estimate of drug-likeness (QED) is 0.292. The van der Waals surface area contributed by atoms with Gasteiger partial charge in [0.25, 0.3) is 11.6 Å². The summed E-state index contributed by atoms with van der Waals surface area (Å²) in [6.07, 6.45) is 0. The van der Waals surface area contributed by atoms with Crippen LogP contribution in [-0.2, 0) is 24.3 Å². The summed E-state index contributed by atoms with van der Waals surface area (Å²) in [6, 6.07) is 9.66. The normalized spacial score (nSPS) is 10.9. The van der Waals surface area contributed by atoms with E-state index >= 15 is 0 Å². The van der Waals surface area contributed by atoms with Gasteiger partial charge >= 0.3 is 5.97 Å². The molecule has 160 valence electrons. The second-order valence-electron chi connectivity index (χ2n) is 5.70. The Labute approximate surface area is 176 Å². The molecule has 0 bridgehead atoms. The van der Waals surface area contributed by atoms with E-state index in [2.05, 4.69) is 10.6 Å². The maximum atomic E-state index is 12.3. The van der Waals surface area contributed by atoms with E-state index in [1.807, 2.05) is 4.72 Å². The molecule has 0 aliphatic rings. The molecule has 2 rings (SSSR count). The van der Waals surface area contributed by atoms with Gasteiger partial charge in [0.2, 0.25) is 10.0 Å². The van der Waals surface area contributed by atoms with Gasteiger partial charge in [0.15, 0.2) is 6.61 Å². The molecule has 13 heteroatoms. The van der Waals surface area contributed by atoms with Crippen LogP contribution in [0.5, 0.6) is 0 Å². The molecule has 0 radical (unpaired) electrons. The van der Waals surface area contributed by atoms with Gasteiger partial charge in [-0.05, 0) is 24.3 Å². The molecule has 30 heavy (non-hydrogen) atoms. The van der Waals surface area contributed by atoms with E-state index in [1.54, 1.807) is 24.3 Å². The first kappa shape index (κ1) is 23.1. The van der Waals surface area contributed by atoms with Crippen LogP contribution in [0, 0.1) is 10.1 Å². The van der Waals surface area contributed by atoms with Crippen molar-refractivity contribution in [2.45, 2.75) is 4.90 Å². The third kappa shape index (κ3) is 6.14. The van der Waals surface area contributed by atoms with Crippen LogP contribution < -0.4 is 15.4 Å². The van der Waals surface area contributed by atoms with Crippen LogP contribution in [0.4, 0.5) is 17.1 Å². The molecule has 0 aromatic heterocycles. The molecular formula is C17H17ClN4O7S. The molecule has 0 aliphatic carbocycles. The fourth-order valence-electron chi connectivity index (χ4n) is 2.22. The first-order valence-electron chi connectivity index (χ1n) is 8.30. The number of nitrogens with zero attached hydrogens (tertiary/aromatic N) is 1. The predicted octanol–water partition coefficient (Wildman–Crippen LogP) is 1.75. The number of nitro benzene ring substituents is 1. The van der Waals surface area contributed by atoms with E-state index in [0.717, 1.165) is 12.1 Å². The number of carbonyl (C=O) groups is 2. The largest absolute Gasteiger partial charge is 0.455 e. The zero-order chi connectivity index (χ0) is 22.3. The van der Waals surface area contributed by atoms with E-state index < -0.39 is 50.6 Å². The number of carbonyl (C=O) groups excluding carboxylic acids is 2. The maximum Gasteiger partial charge on any atom is 0.321 e. The van der Waals surface area contributed by atoms with Gasteiger partial charge in [0.05, 0.1) is 20.5 Å². The number of benzene rings is 2. The molecule has 0 atom stereocenters. The van der Waals surface area contributed by atoms with E-state index in [0.29, 0.717) is 10.7 Å². The van der Waals surface area contributed by atoms with Crippen LogP contribution in [-0.4, -0.2) is 45.4 Å². The van der Waals surface area contributed by atoms with Gasteiger partial charge < -0.3 is 15.4 Å². The minimum absolute atomic E-state index is 0.128. The zero-order valence-corrected chi connectivity index (χ0v) is 17.1. The zero-order valence-electron chi connectivity index (χ0n) is 15.5. The van der Waals surface area contributed by atoms with Crippen molar-refractivity contribution in [2.24, 2.45) is 0 Å². The topological polar surface area (TPSA) is 157 Å². The number of amides is 1. The lowest BCUT2D eigenvalue weighted by molar-refractivity contribution is -0.384. The average molecular weight is 457 g/mol. The van der Waals surface area contributed by atoms with Crippen LogP contribution in [0.2, 0.25) is 5.02 Å². The first-order chi connectivity index (χ1) is 14.1. The first-order valence-corrected chi connectivity index (χ1v) is 10.2. The molecule has 1 amide bonds. The molecule has 3 N–H and O–H groups in total. The highest BCUT2D eigenvalue weighted by Crippen LogP contribution is 2.27. The molecule has 0 unspecified atom stereocenters. The van der Waals surface area contributed by atoms with Crippen LogP contribution in [0.25, 0.3) is 0 Å². The summed E-state index contributed by atoms with van der Waals surface area (Å²) in [7, 11) is -2.78. The van der Waals surface area contributed by atoms with Gasteiger partial charge in [0.1, 0.15) is 12.2 Å². The Bertz CT molecular complexity index is 1080. The highest BCUT2D eigenvalue weighted by Gasteiger charge is 2.22. The number of nitro groups is 1. The molecule has 0 heterocycles. The Morgan fingerprint density at radius 3 is 2.50 bits per heavy atom. The van der Waals surface area contributed by atoms with Crippen LogP contribution >= 0.6 is 11.6 Å². The van der Waals surface area contributed by atoms with Crippen molar-refractivity contribution in [2.75, 3.05) is 30.8 Å². The number of nitrogens with one attached hydrogen (secondary N) is 3. The van der Waals surface area contributed by atoms with Gasteiger partial charge in [-0.25, -0.2) is 8.42 Å². The van der Waals surface area contributed by atoms with E-state index in [-0.39, 0.29) is 5.69 Å². The second-order valence-corrected chi connectivity index (χ2v) is 7.87. The minimum atomic E-state index is -4.23. The minimum Gasteiger partial charge on any atom is -0.455 e. The highest BCUT2D eigenvalue weighted by atomic mass is 35.5. The summed E-state index contributed by atoms with van der Waals surface area (Å²) in [6.45, 7) is -1.43. The van der Waals surface area contributed by atoms with E-state index in [4.69, 9.17) is 16.3 Å². The summed E-state index contributed by atoms with van der Waals surface area (Å²) in [5, 5.41) is 16.4. The molecule has 0 fully saturated rings. The Morgan fingerprint density at radius 1 is 1.17 bits per heavy atom. The predicted molar refractivity (Wildman–Crippen MR) is 109 cm³/mol. The fourth-order valence-corrected chi connectivity index (χ4v) is 3.40. The monoisotopic (exact) mass is 456 g/mol.